The van der Waals surface area contributed by atoms with E-state index in [9.17, 15) is 19.5 Å². The quantitative estimate of drug-likeness (QED) is 0.0498. The molecule has 0 aliphatic carbocycles. The second kappa shape index (κ2) is 11.3. The van der Waals surface area contributed by atoms with Crippen LogP contribution in [-0.2, 0) is 19.2 Å². The Morgan fingerprint density at radius 1 is 1.42 bits per heavy atom. The predicted molar refractivity (Wildman–Crippen MR) is 144 cm³/mol. The van der Waals surface area contributed by atoms with Crippen LogP contribution in [0, 0.1) is 12.3 Å². The normalized spacial score (nSPS) is 23.1. The zero-order valence-electron chi connectivity index (χ0n) is 19.4. The summed E-state index contributed by atoms with van der Waals surface area (Å²) in [5, 5.41) is 18.8. The van der Waals surface area contributed by atoms with E-state index in [4.69, 9.17) is 34.3 Å². The summed E-state index contributed by atoms with van der Waals surface area (Å²) >= 11 is 3.53. The Hall–Kier alpha value is -3.76. The summed E-state index contributed by atoms with van der Waals surface area (Å²) in [7, 11) is 0. The number of oxime groups is 1. The van der Waals surface area contributed by atoms with Gasteiger partial charge in [-0.05, 0) is 11.6 Å². The largest absolute Gasteiger partial charge is 0.477 e. The van der Waals surface area contributed by atoms with Crippen LogP contribution >= 0.6 is 34.9 Å². The SMILES string of the molecule is C#CCO/N=C(\C(=O)NC1C(=O)N2C(C(=O)O)=C(CSC3=NC(N)=CC(N)N3N)CS[C@@H]12)c1csc(N)n1. The van der Waals surface area contributed by atoms with Crippen molar-refractivity contribution in [2.45, 2.75) is 17.6 Å². The number of rotatable bonds is 8. The van der Waals surface area contributed by atoms with Crippen LogP contribution in [0.4, 0.5) is 5.13 Å². The fraction of sp³-hybridized carbons (Fsp3) is 0.300. The fourth-order valence-electron chi connectivity index (χ4n) is 3.59. The first-order valence-corrected chi connectivity index (χ1v) is 13.6. The smallest absolute Gasteiger partial charge is 0.352 e. The topological polar surface area (TPSA) is 241 Å². The lowest BCUT2D eigenvalue weighted by atomic mass is 10.0. The number of carboxylic acids is 1. The highest BCUT2D eigenvalue weighted by atomic mass is 32.2. The molecular weight excluding hydrogens is 556 g/mol. The van der Waals surface area contributed by atoms with E-state index in [0.29, 0.717) is 10.7 Å². The summed E-state index contributed by atoms with van der Waals surface area (Å²) in [6, 6.07) is -1.00. The van der Waals surface area contributed by atoms with Crippen molar-refractivity contribution in [3.63, 3.8) is 0 Å². The Kier molecular flexibility index (Phi) is 8.13. The van der Waals surface area contributed by atoms with Crippen molar-refractivity contribution in [2.24, 2.45) is 27.5 Å². The van der Waals surface area contributed by atoms with Gasteiger partial charge in [-0.15, -0.1) is 29.5 Å². The highest BCUT2D eigenvalue weighted by Gasteiger charge is 2.54. The number of hydrogen-bond donors (Lipinski definition) is 6. The van der Waals surface area contributed by atoms with Crippen molar-refractivity contribution >= 4 is 68.7 Å². The number of thiazole rings is 1. The van der Waals surface area contributed by atoms with Crippen molar-refractivity contribution < 1.29 is 24.3 Å². The highest BCUT2D eigenvalue weighted by molar-refractivity contribution is 8.14. The van der Waals surface area contributed by atoms with Crippen LogP contribution in [0.2, 0.25) is 0 Å². The molecule has 2 unspecified atom stereocenters. The van der Waals surface area contributed by atoms with E-state index in [2.05, 4.69) is 26.4 Å². The highest BCUT2D eigenvalue weighted by Crippen LogP contribution is 2.41. The number of β-lactam (4-membered cyclic amide) rings is 1. The average Bonchev–Trinajstić information content (AvgIpc) is 3.31. The van der Waals surface area contributed by atoms with Crippen molar-refractivity contribution in [3.05, 3.63) is 34.2 Å². The van der Waals surface area contributed by atoms with E-state index in [1.165, 1.54) is 28.2 Å². The summed E-state index contributed by atoms with van der Waals surface area (Å²) in [5.74, 6) is 6.15. The minimum atomic E-state index is -1.28. The minimum absolute atomic E-state index is 0.141. The molecule has 3 atom stereocenters. The van der Waals surface area contributed by atoms with Crippen LogP contribution in [-0.4, -0.2) is 84.4 Å². The molecule has 3 aliphatic heterocycles. The maximum Gasteiger partial charge on any atom is 0.352 e. The van der Waals surface area contributed by atoms with Gasteiger partial charge in [0.2, 0.25) is 0 Å². The molecular formula is C20H22N10O5S3. The van der Waals surface area contributed by atoms with Crippen molar-refractivity contribution in [1.82, 2.24) is 20.2 Å². The summed E-state index contributed by atoms with van der Waals surface area (Å²) in [6.07, 6.45) is 5.95. The number of thioether (sulfide) groups is 2. The average molecular weight is 579 g/mol. The molecule has 15 nitrogen and oxygen atoms in total. The van der Waals surface area contributed by atoms with Gasteiger partial charge in [-0.2, -0.15) is 0 Å². The molecule has 2 amide bonds. The maximum atomic E-state index is 13.0. The molecule has 4 rings (SSSR count). The van der Waals surface area contributed by atoms with Crippen molar-refractivity contribution in [1.29, 1.82) is 0 Å². The van der Waals surface area contributed by atoms with E-state index in [1.807, 2.05) is 0 Å². The molecule has 0 spiro atoms. The van der Waals surface area contributed by atoms with Crippen LogP contribution in [0.5, 0.6) is 0 Å². The summed E-state index contributed by atoms with van der Waals surface area (Å²) < 4.78 is 0. The molecule has 18 heteroatoms. The lowest BCUT2D eigenvalue weighted by molar-refractivity contribution is -0.150. The molecule has 10 N–H and O–H groups in total. The summed E-state index contributed by atoms with van der Waals surface area (Å²) in [4.78, 5) is 52.4. The molecule has 0 radical (unpaired) electrons. The van der Waals surface area contributed by atoms with E-state index in [1.54, 1.807) is 0 Å². The molecule has 1 aromatic heterocycles. The third-order valence-electron chi connectivity index (χ3n) is 5.30. The molecule has 1 aromatic rings. The minimum Gasteiger partial charge on any atom is -0.477 e. The molecule has 3 aliphatic rings. The van der Waals surface area contributed by atoms with Gasteiger partial charge in [0.25, 0.3) is 11.8 Å². The van der Waals surface area contributed by atoms with Crippen LogP contribution in [0.15, 0.2) is 38.7 Å². The van der Waals surface area contributed by atoms with Gasteiger partial charge in [-0.25, -0.2) is 20.6 Å². The Labute approximate surface area is 228 Å². The Morgan fingerprint density at radius 2 is 2.18 bits per heavy atom. The Morgan fingerprint density at radius 3 is 2.84 bits per heavy atom. The molecule has 200 valence electrons. The van der Waals surface area contributed by atoms with Gasteiger partial charge >= 0.3 is 5.97 Å². The first kappa shape index (κ1) is 27.3. The maximum absolute atomic E-state index is 13.0. The third kappa shape index (κ3) is 5.41. The van der Waals surface area contributed by atoms with Crippen LogP contribution in [0.3, 0.4) is 0 Å². The number of nitrogens with one attached hydrogen (secondary N) is 1. The lowest BCUT2D eigenvalue weighted by Crippen LogP contribution is -2.71. The number of amides is 2. The van der Waals surface area contributed by atoms with Gasteiger partial charge in [0.1, 0.15) is 34.8 Å². The first-order chi connectivity index (χ1) is 18.1. The second-order valence-corrected chi connectivity index (χ2v) is 10.7. The number of terminal acetylenes is 1. The molecule has 0 aromatic carbocycles. The first-order valence-electron chi connectivity index (χ1n) is 10.7. The third-order valence-corrected chi connectivity index (χ3v) is 8.37. The number of hydrazine groups is 1. The zero-order valence-corrected chi connectivity index (χ0v) is 21.9. The number of nitrogens with zero attached hydrogens (tertiary/aromatic N) is 5. The Balaban J connectivity index is 1.49. The van der Waals surface area contributed by atoms with Gasteiger partial charge in [-0.1, -0.05) is 22.8 Å². The standard InChI is InChI=1S/C20H22N10O5S3/c1-2-3-35-28-12(9-7-37-19(23)25-9)15(31)27-13-16(32)29-14(18(33)34)8(5-36-17(13)29)6-38-20-26-10(21)4-11(22)30(20)24/h1,4,7,11,13,17H,3,5-6,21-22,24H2,(H2,23,25)(H,27,31)(H,33,34)/b28-12-/t11?,13?,17-/m0/s1. The van der Waals surface area contributed by atoms with E-state index >= 15 is 0 Å². The van der Waals surface area contributed by atoms with Crippen LogP contribution in [0.25, 0.3) is 0 Å². The summed E-state index contributed by atoms with van der Waals surface area (Å²) in [6.45, 7) is -0.193. The number of carbonyl (C=O) groups excluding carboxylic acids is 2. The molecule has 0 saturated carbocycles. The Bertz CT molecular complexity index is 1330. The number of aromatic nitrogens is 1. The number of nitrogens with two attached hydrogens (primary N) is 4. The van der Waals surface area contributed by atoms with Crippen LogP contribution < -0.4 is 28.4 Å². The fourth-order valence-corrected chi connectivity index (χ4v) is 6.59. The predicted octanol–water partition coefficient (Wildman–Crippen LogP) is -1.82. The number of anilines is 1. The molecule has 1 saturated heterocycles. The number of fused-ring (bicyclic) bond motifs is 1. The van der Waals surface area contributed by atoms with Gasteiger partial charge < -0.3 is 32.5 Å². The molecule has 38 heavy (non-hydrogen) atoms. The molecule has 1 fully saturated rings. The molecule has 0 bridgehead atoms. The number of nitrogen functional groups attached to an aromatic ring is 1. The van der Waals surface area contributed by atoms with Crippen molar-refractivity contribution in [3.8, 4) is 12.3 Å². The van der Waals surface area contributed by atoms with E-state index in [-0.39, 0.29) is 46.2 Å². The van der Waals surface area contributed by atoms with Gasteiger partial charge in [0.05, 0.1) is 0 Å². The number of aliphatic carboxylic acids is 1. The number of amidine groups is 1. The lowest BCUT2D eigenvalue weighted by Gasteiger charge is -2.49. The zero-order chi connectivity index (χ0) is 27.6. The number of carboxylic acid groups (broad SMARTS) is 1. The van der Waals surface area contributed by atoms with Gasteiger partial charge in [0.15, 0.2) is 22.6 Å². The van der Waals surface area contributed by atoms with Gasteiger partial charge in [0, 0.05) is 16.9 Å². The van der Waals surface area contributed by atoms with Gasteiger partial charge in [-0.3, -0.25) is 19.5 Å². The van der Waals surface area contributed by atoms with Crippen LogP contribution in [0.1, 0.15) is 5.69 Å². The van der Waals surface area contributed by atoms with E-state index < -0.39 is 35.4 Å². The monoisotopic (exact) mass is 578 g/mol. The number of hydrogen-bond acceptors (Lipinski definition) is 15. The number of aliphatic imine (C=N–C) groups is 1. The van der Waals surface area contributed by atoms with Crippen molar-refractivity contribution in [2.75, 3.05) is 23.8 Å². The second-order valence-electron chi connectivity index (χ2n) is 7.78. The summed E-state index contributed by atoms with van der Waals surface area (Å²) in [5.41, 5.74) is 17.5. The van der Waals surface area contributed by atoms with E-state index in [0.717, 1.165) is 28.0 Å². The number of carbonyl (C=O) groups is 3. The molecule has 4 heterocycles.